The number of hydrogen-bond acceptors (Lipinski definition) is 5. The molecule has 0 aliphatic heterocycles. The molecule has 1 aromatic heterocycles. The summed E-state index contributed by atoms with van der Waals surface area (Å²) in [6.07, 6.45) is 1.59. The molecule has 7 heteroatoms. The summed E-state index contributed by atoms with van der Waals surface area (Å²) < 4.78 is 5.85. The highest BCUT2D eigenvalue weighted by Crippen LogP contribution is 2.10. The molecular formula is C8H12N4O3. The lowest BCUT2D eigenvalue weighted by molar-refractivity contribution is -0.118. The Labute approximate surface area is 86.0 Å². The minimum Gasteiger partial charge on any atom is -0.464 e. The summed E-state index contributed by atoms with van der Waals surface area (Å²) in [5, 5.41) is 3.86. The third-order valence-corrected chi connectivity index (χ3v) is 1.76. The van der Waals surface area contributed by atoms with Crippen LogP contribution >= 0.6 is 0 Å². The molecule has 1 rings (SSSR count). The summed E-state index contributed by atoms with van der Waals surface area (Å²) in [6, 6.07) is 0. The maximum absolute atomic E-state index is 11.1. The van der Waals surface area contributed by atoms with Gasteiger partial charge < -0.3 is 16.2 Å². The largest absolute Gasteiger partial charge is 0.464 e. The second-order valence-electron chi connectivity index (χ2n) is 2.90. The maximum atomic E-state index is 11.1. The number of anilines is 1. The van der Waals surface area contributed by atoms with Crippen molar-refractivity contribution in [1.29, 1.82) is 0 Å². The molecular weight excluding hydrogens is 200 g/mol. The summed E-state index contributed by atoms with van der Waals surface area (Å²) in [5.74, 6) is -1.05. The van der Waals surface area contributed by atoms with E-state index in [0.29, 0.717) is 0 Å². The molecule has 0 aliphatic rings. The Morgan fingerprint density at radius 3 is 2.80 bits per heavy atom. The van der Waals surface area contributed by atoms with Crippen molar-refractivity contribution in [3.63, 3.8) is 0 Å². The summed E-state index contributed by atoms with van der Waals surface area (Å²) >= 11 is 0. The molecule has 0 saturated heterocycles. The van der Waals surface area contributed by atoms with Crippen LogP contribution in [0.25, 0.3) is 0 Å². The standard InChI is InChI=1S/C8H12N4O3/c1-15-8(14)7-5(9)4-12(11-7)3-2-6(10)13/h4H,2-3,9H2,1H3,(H2,10,13). The first kappa shape index (κ1) is 11.0. The van der Waals surface area contributed by atoms with Gasteiger partial charge in [0.05, 0.1) is 12.8 Å². The van der Waals surface area contributed by atoms with E-state index in [1.165, 1.54) is 18.0 Å². The van der Waals surface area contributed by atoms with Gasteiger partial charge in [0.15, 0.2) is 5.69 Å². The van der Waals surface area contributed by atoms with Crippen LogP contribution in [0, 0.1) is 0 Å². The van der Waals surface area contributed by atoms with Gasteiger partial charge in [0.1, 0.15) is 0 Å². The van der Waals surface area contributed by atoms with Gasteiger partial charge in [-0.25, -0.2) is 4.79 Å². The molecule has 1 aromatic rings. The zero-order chi connectivity index (χ0) is 11.4. The molecule has 4 N–H and O–H groups in total. The zero-order valence-corrected chi connectivity index (χ0v) is 8.27. The number of nitrogens with zero attached hydrogens (tertiary/aromatic N) is 2. The third-order valence-electron chi connectivity index (χ3n) is 1.76. The Bertz CT molecular complexity index is 385. The number of rotatable bonds is 4. The van der Waals surface area contributed by atoms with Crippen LogP contribution in [0.15, 0.2) is 6.20 Å². The highest BCUT2D eigenvalue weighted by molar-refractivity contribution is 5.92. The number of carbonyl (C=O) groups excluding carboxylic acids is 2. The second-order valence-corrected chi connectivity index (χ2v) is 2.90. The Balaban J connectivity index is 2.76. The molecule has 0 atom stereocenters. The monoisotopic (exact) mass is 212 g/mol. The van der Waals surface area contributed by atoms with Crippen LogP contribution < -0.4 is 11.5 Å². The number of nitrogens with two attached hydrogens (primary N) is 2. The Morgan fingerprint density at radius 2 is 2.27 bits per heavy atom. The van der Waals surface area contributed by atoms with Crippen molar-refractivity contribution in [2.45, 2.75) is 13.0 Å². The van der Waals surface area contributed by atoms with Gasteiger partial charge in [-0.05, 0) is 0 Å². The average Bonchev–Trinajstić information content (AvgIpc) is 2.55. The first-order valence-electron chi connectivity index (χ1n) is 4.24. The molecule has 0 saturated carbocycles. The Morgan fingerprint density at radius 1 is 1.60 bits per heavy atom. The summed E-state index contributed by atoms with van der Waals surface area (Å²) in [4.78, 5) is 21.6. The predicted octanol–water partition coefficient (Wildman–Crippen LogP) is -0.873. The normalized spacial score (nSPS) is 9.93. The van der Waals surface area contributed by atoms with Crippen LogP contribution in [-0.4, -0.2) is 28.8 Å². The lowest BCUT2D eigenvalue weighted by Crippen LogP contribution is -2.14. The van der Waals surface area contributed by atoms with E-state index in [9.17, 15) is 9.59 Å². The van der Waals surface area contributed by atoms with E-state index in [1.807, 2.05) is 0 Å². The summed E-state index contributed by atoms with van der Waals surface area (Å²) in [5.41, 5.74) is 10.7. The molecule has 0 aromatic carbocycles. The van der Waals surface area contributed by atoms with Gasteiger partial charge in [0, 0.05) is 19.2 Å². The van der Waals surface area contributed by atoms with Crippen LogP contribution in [0.2, 0.25) is 0 Å². The highest BCUT2D eigenvalue weighted by Gasteiger charge is 2.14. The minimum atomic E-state index is -0.606. The number of primary amides is 1. The molecule has 0 radical (unpaired) electrons. The molecule has 1 heterocycles. The minimum absolute atomic E-state index is 0.0435. The number of esters is 1. The van der Waals surface area contributed by atoms with Crippen molar-refractivity contribution in [3.05, 3.63) is 11.9 Å². The Hall–Kier alpha value is -2.05. The molecule has 0 aliphatic carbocycles. The van der Waals surface area contributed by atoms with Crippen molar-refractivity contribution in [2.75, 3.05) is 12.8 Å². The molecule has 82 valence electrons. The molecule has 0 bridgehead atoms. The van der Waals surface area contributed by atoms with Crippen molar-refractivity contribution in [2.24, 2.45) is 5.73 Å². The highest BCUT2D eigenvalue weighted by atomic mass is 16.5. The lowest BCUT2D eigenvalue weighted by Gasteiger charge is -1.97. The topological polar surface area (TPSA) is 113 Å². The van der Waals surface area contributed by atoms with Gasteiger partial charge in [-0.15, -0.1) is 0 Å². The SMILES string of the molecule is COC(=O)c1nn(CCC(N)=O)cc1N. The molecule has 15 heavy (non-hydrogen) atoms. The van der Waals surface area contributed by atoms with E-state index < -0.39 is 11.9 Å². The smallest absolute Gasteiger partial charge is 0.360 e. The number of nitrogen functional groups attached to an aromatic ring is 1. The molecule has 0 fully saturated rings. The van der Waals surface area contributed by atoms with Gasteiger partial charge >= 0.3 is 5.97 Å². The molecule has 7 nitrogen and oxygen atoms in total. The van der Waals surface area contributed by atoms with Crippen LogP contribution in [0.5, 0.6) is 0 Å². The number of carbonyl (C=O) groups is 2. The van der Waals surface area contributed by atoms with Crippen LogP contribution in [-0.2, 0) is 16.1 Å². The van der Waals surface area contributed by atoms with Crippen molar-refractivity contribution < 1.29 is 14.3 Å². The number of amides is 1. The van der Waals surface area contributed by atoms with Crippen molar-refractivity contribution in [1.82, 2.24) is 9.78 Å². The van der Waals surface area contributed by atoms with E-state index in [-0.39, 0.29) is 24.3 Å². The maximum Gasteiger partial charge on any atom is 0.360 e. The van der Waals surface area contributed by atoms with Crippen LogP contribution in [0.4, 0.5) is 5.69 Å². The fraction of sp³-hybridized carbons (Fsp3) is 0.375. The summed E-state index contributed by atoms with van der Waals surface area (Å²) in [6.45, 7) is 0.288. The summed E-state index contributed by atoms with van der Waals surface area (Å²) in [7, 11) is 1.24. The number of hydrogen-bond donors (Lipinski definition) is 2. The number of aryl methyl sites for hydroxylation is 1. The van der Waals surface area contributed by atoms with Gasteiger partial charge in [-0.3, -0.25) is 9.48 Å². The van der Waals surface area contributed by atoms with Crippen molar-refractivity contribution >= 4 is 17.6 Å². The molecule has 0 spiro atoms. The third kappa shape index (κ3) is 2.70. The predicted molar refractivity (Wildman–Crippen MR) is 51.8 cm³/mol. The fourth-order valence-corrected chi connectivity index (χ4v) is 1.03. The van der Waals surface area contributed by atoms with E-state index >= 15 is 0 Å². The van der Waals surface area contributed by atoms with E-state index in [4.69, 9.17) is 11.5 Å². The zero-order valence-electron chi connectivity index (χ0n) is 8.27. The van der Waals surface area contributed by atoms with E-state index in [1.54, 1.807) is 0 Å². The van der Waals surface area contributed by atoms with Gasteiger partial charge in [0.2, 0.25) is 5.91 Å². The number of methoxy groups -OCH3 is 1. The second kappa shape index (κ2) is 4.45. The average molecular weight is 212 g/mol. The van der Waals surface area contributed by atoms with Crippen LogP contribution in [0.3, 0.4) is 0 Å². The fourth-order valence-electron chi connectivity index (χ4n) is 1.03. The van der Waals surface area contributed by atoms with Gasteiger partial charge in [-0.2, -0.15) is 5.10 Å². The van der Waals surface area contributed by atoms with Gasteiger partial charge in [0.25, 0.3) is 0 Å². The first-order chi connectivity index (χ1) is 7.04. The Kier molecular flexibility index (Phi) is 3.27. The van der Waals surface area contributed by atoms with Crippen molar-refractivity contribution in [3.8, 4) is 0 Å². The number of ether oxygens (including phenoxy) is 1. The first-order valence-corrected chi connectivity index (χ1v) is 4.24. The van der Waals surface area contributed by atoms with E-state index in [0.717, 1.165) is 0 Å². The number of aromatic nitrogens is 2. The van der Waals surface area contributed by atoms with Crippen LogP contribution in [0.1, 0.15) is 16.9 Å². The quantitative estimate of drug-likeness (QED) is 0.629. The molecule has 0 unspecified atom stereocenters. The van der Waals surface area contributed by atoms with E-state index in [2.05, 4.69) is 9.84 Å². The molecule has 1 amide bonds. The lowest BCUT2D eigenvalue weighted by atomic mass is 10.4. The van der Waals surface area contributed by atoms with Gasteiger partial charge in [-0.1, -0.05) is 0 Å².